The normalized spacial score (nSPS) is 17.6. The molecule has 2 heterocycles. The Labute approximate surface area is 238 Å². The number of methoxy groups -OCH3 is 1. The van der Waals surface area contributed by atoms with Crippen LogP contribution in [0.2, 0.25) is 0 Å². The first-order chi connectivity index (χ1) is 19.5. The first kappa shape index (κ1) is 27.6. The maximum absolute atomic E-state index is 12.8. The van der Waals surface area contributed by atoms with Gasteiger partial charge in [-0.15, -0.1) is 11.3 Å². The van der Waals surface area contributed by atoms with E-state index < -0.39 is 5.97 Å². The van der Waals surface area contributed by atoms with Crippen molar-refractivity contribution >= 4 is 34.8 Å². The molecule has 1 saturated carbocycles. The molecule has 0 saturated heterocycles. The van der Waals surface area contributed by atoms with E-state index >= 15 is 0 Å². The number of urea groups is 1. The number of thiazole rings is 1. The quantitative estimate of drug-likeness (QED) is 0.290. The molecule has 5 rings (SSSR count). The van der Waals surface area contributed by atoms with Crippen LogP contribution in [-0.4, -0.2) is 30.0 Å². The lowest BCUT2D eigenvalue weighted by molar-refractivity contribution is 0.0600. The van der Waals surface area contributed by atoms with Gasteiger partial charge in [-0.05, 0) is 54.7 Å². The number of nitrogens with zero attached hydrogens (tertiary/aromatic N) is 1. The summed E-state index contributed by atoms with van der Waals surface area (Å²) < 4.78 is 4.72. The maximum atomic E-state index is 12.8. The van der Waals surface area contributed by atoms with Gasteiger partial charge in [0.15, 0.2) is 0 Å². The molecule has 1 aliphatic heterocycles. The van der Waals surface area contributed by atoms with E-state index in [0.29, 0.717) is 30.0 Å². The predicted octanol–water partition coefficient (Wildman–Crippen LogP) is 6.08. The van der Waals surface area contributed by atoms with Gasteiger partial charge in [0.25, 0.3) is 5.91 Å². The van der Waals surface area contributed by atoms with E-state index in [4.69, 9.17) is 9.72 Å². The van der Waals surface area contributed by atoms with Crippen molar-refractivity contribution in [3.05, 3.63) is 92.6 Å². The highest BCUT2D eigenvalue weighted by Gasteiger charge is 2.31. The average Bonchev–Trinajstić information content (AvgIpc) is 3.49. The fourth-order valence-electron chi connectivity index (χ4n) is 5.38. The molecule has 0 radical (unpaired) electrons. The van der Waals surface area contributed by atoms with Crippen LogP contribution in [0.5, 0.6) is 0 Å². The third kappa shape index (κ3) is 6.09. The van der Waals surface area contributed by atoms with Crippen molar-refractivity contribution in [1.82, 2.24) is 20.9 Å². The van der Waals surface area contributed by atoms with Gasteiger partial charge < -0.3 is 20.7 Å². The van der Waals surface area contributed by atoms with Crippen LogP contribution in [0.4, 0.5) is 4.79 Å². The van der Waals surface area contributed by atoms with E-state index in [1.807, 2.05) is 19.1 Å². The van der Waals surface area contributed by atoms with Crippen LogP contribution < -0.4 is 16.0 Å². The number of carbonyl (C=O) groups excluding carboxylic acids is 3. The van der Waals surface area contributed by atoms with Crippen LogP contribution >= 0.6 is 11.3 Å². The third-order valence-electron chi connectivity index (χ3n) is 7.62. The number of aromatic nitrogens is 1. The standard InChI is InChI=1S/C31H34N4O4S/c1-3-24-26(29-33-25(18-40-29)20-7-5-4-6-8-20)27(35-31(38)34-24)21-13-15-22(16-14-21)28(36)32-17-19-9-11-23(12-10-19)30(37)39-2/h9-16,18,20,27H,3-8,17H2,1-2H3,(H,32,36)(H2,34,35,38). The molecule has 2 aliphatic rings. The minimum absolute atomic E-state index is 0.208. The van der Waals surface area contributed by atoms with Crippen LogP contribution in [0, 0.1) is 0 Å². The molecular weight excluding hydrogens is 524 g/mol. The van der Waals surface area contributed by atoms with Crippen LogP contribution in [-0.2, 0) is 11.3 Å². The number of rotatable bonds is 8. The molecule has 3 N–H and O–H groups in total. The van der Waals surface area contributed by atoms with Gasteiger partial charge in [0, 0.05) is 34.7 Å². The Morgan fingerprint density at radius 3 is 2.40 bits per heavy atom. The van der Waals surface area contributed by atoms with Gasteiger partial charge in [-0.3, -0.25) is 4.79 Å². The second-order valence-corrected chi connectivity index (χ2v) is 11.0. The summed E-state index contributed by atoms with van der Waals surface area (Å²) in [6.07, 6.45) is 6.85. The molecule has 0 spiro atoms. The molecule has 40 heavy (non-hydrogen) atoms. The highest BCUT2D eigenvalue weighted by Crippen LogP contribution is 2.39. The van der Waals surface area contributed by atoms with Crippen LogP contribution in [0.3, 0.4) is 0 Å². The predicted molar refractivity (Wildman–Crippen MR) is 155 cm³/mol. The smallest absolute Gasteiger partial charge is 0.337 e. The molecule has 3 aromatic rings. The highest BCUT2D eigenvalue weighted by molar-refractivity contribution is 7.10. The number of ether oxygens (including phenoxy) is 1. The van der Waals surface area contributed by atoms with Gasteiger partial charge in [-0.25, -0.2) is 14.6 Å². The minimum atomic E-state index is -0.399. The number of allylic oxidation sites excluding steroid dienone is 1. The van der Waals surface area contributed by atoms with Gasteiger partial charge in [0.1, 0.15) is 5.01 Å². The number of carbonyl (C=O) groups is 3. The molecule has 1 atom stereocenters. The Morgan fingerprint density at radius 1 is 1.02 bits per heavy atom. The summed E-state index contributed by atoms with van der Waals surface area (Å²) in [6.45, 7) is 2.36. The summed E-state index contributed by atoms with van der Waals surface area (Å²) in [5.41, 5.74) is 5.75. The second-order valence-electron chi connectivity index (χ2n) is 10.2. The third-order valence-corrected chi connectivity index (χ3v) is 8.51. The summed E-state index contributed by atoms with van der Waals surface area (Å²) in [5, 5.41) is 12.1. The zero-order chi connectivity index (χ0) is 28.1. The van der Waals surface area contributed by atoms with E-state index in [2.05, 4.69) is 21.3 Å². The molecule has 3 amide bonds. The van der Waals surface area contributed by atoms with E-state index in [1.165, 1.54) is 39.2 Å². The van der Waals surface area contributed by atoms with Crippen molar-refractivity contribution in [2.24, 2.45) is 0 Å². The summed E-state index contributed by atoms with van der Waals surface area (Å²) in [6, 6.07) is 13.6. The number of hydrogen-bond acceptors (Lipinski definition) is 6. The molecule has 8 nitrogen and oxygen atoms in total. The molecule has 1 aromatic heterocycles. The zero-order valence-corrected chi connectivity index (χ0v) is 23.6. The summed E-state index contributed by atoms with van der Waals surface area (Å²) in [4.78, 5) is 42.1. The monoisotopic (exact) mass is 558 g/mol. The molecule has 0 bridgehead atoms. The lowest BCUT2D eigenvalue weighted by Gasteiger charge is -2.29. The van der Waals surface area contributed by atoms with Gasteiger partial charge >= 0.3 is 12.0 Å². The van der Waals surface area contributed by atoms with E-state index in [0.717, 1.165) is 33.1 Å². The first-order valence-electron chi connectivity index (χ1n) is 13.8. The first-order valence-corrected chi connectivity index (χ1v) is 14.7. The minimum Gasteiger partial charge on any atom is -0.465 e. The van der Waals surface area contributed by atoms with Crippen molar-refractivity contribution in [3.8, 4) is 0 Å². The Hall–Kier alpha value is -3.98. The van der Waals surface area contributed by atoms with Gasteiger partial charge in [-0.2, -0.15) is 0 Å². The number of benzene rings is 2. The Bertz CT molecular complexity index is 1410. The molecule has 1 unspecified atom stereocenters. The fraction of sp³-hybridized carbons (Fsp3) is 0.355. The SMILES string of the molecule is CCC1=C(c2nc(C3CCCCC3)cs2)C(c2ccc(C(=O)NCc3ccc(C(=O)OC)cc3)cc2)NC(=O)N1. The van der Waals surface area contributed by atoms with Crippen molar-refractivity contribution in [3.63, 3.8) is 0 Å². The van der Waals surface area contributed by atoms with Crippen molar-refractivity contribution in [2.75, 3.05) is 7.11 Å². The van der Waals surface area contributed by atoms with E-state index in [9.17, 15) is 14.4 Å². The highest BCUT2D eigenvalue weighted by atomic mass is 32.1. The summed E-state index contributed by atoms with van der Waals surface area (Å²) in [7, 11) is 1.34. The van der Waals surface area contributed by atoms with Crippen molar-refractivity contribution in [1.29, 1.82) is 0 Å². The topological polar surface area (TPSA) is 109 Å². The van der Waals surface area contributed by atoms with Crippen LogP contribution in [0.1, 0.15) is 100.0 Å². The zero-order valence-electron chi connectivity index (χ0n) is 22.8. The Balaban J connectivity index is 1.31. The van der Waals surface area contributed by atoms with Crippen LogP contribution in [0.25, 0.3) is 5.57 Å². The van der Waals surface area contributed by atoms with Crippen LogP contribution in [0.15, 0.2) is 59.6 Å². The van der Waals surface area contributed by atoms with Gasteiger partial charge in [0.2, 0.25) is 0 Å². The van der Waals surface area contributed by atoms with Crippen molar-refractivity contribution < 1.29 is 19.1 Å². The molecule has 2 aromatic carbocycles. The molecule has 1 fully saturated rings. The second kappa shape index (κ2) is 12.5. The number of amides is 3. The molecule has 9 heteroatoms. The largest absolute Gasteiger partial charge is 0.465 e. The summed E-state index contributed by atoms with van der Waals surface area (Å²) in [5.74, 6) is -0.0956. The maximum Gasteiger partial charge on any atom is 0.337 e. The fourth-order valence-corrected chi connectivity index (χ4v) is 6.39. The van der Waals surface area contributed by atoms with Gasteiger partial charge in [-0.1, -0.05) is 50.5 Å². The number of esters is 1. The molecular formula is C31H34N4O4S. The van der Waals surface area contributed by atoms with E-state index in [1.54, 1.807) is 47.7 Å². The Kier molecular flexibility index (Phi) is 8.60. The average molecular weight is 559 g/mol. The summed E-state index contributed by atoms with van der Waals surface area (Å²) >= 11 is 1.63. The lowest BCUT2D eigenvalue weighted by atomic mass is 9.87. The Morgan fingerprint density at radius 2 is 1.73 bits per heavy atom. The van der Waals surface area contributed by atoms with Crippen molar-refractivity contribution in [2.45, 2.75) is 64.0 Å². The lowest BCUT2D eigenvalue weighted by Crippen LogP contribution is -2.43. The van der Waals surface area contributed by atoms with E-state index in [-0.39, 0.29) is 18.0 Å². The molecule has 1 aliphatic carbocycles. The molecule has 208 valence electrons. The number of nitrogens with one attached hydrogen (secondary N) is 3. The number of hydrogen-bond donors (Lipinski definition) is 3. The van der Waals surface area contributed by atoms with Gasteiger partial charge in [0.05, 0.1) is 24.4 Å².